The Morgan fingerprint density at radius 1 is 1.40 bits per heavy atom. The van der Waals surface area contributed by atoms with E-state index in [2.05, 4.69) is 16.7 Å². The second kappa shape index (κ2) is 3.72. The highest BCUT2D eigenvalue weighted by molar-refractivity contribution is 8.00. The van der Waals surface area contributed by atoms with E-state index >= 15 is 0 Å². The highest BCUT2D eigenvalue weighted by atomic mass is 32.2. The molecule has 0 amide bonds. The zero-order valence-electron chi connectivity index (χ0n) is 8.60. The van der Waals surface area contributed by atoms with Gasteiger partial charge in [0.05, 0.1) is 0 Å². The number of hydrogen-bond acceptors (Lipinski definition) is 3. The third-order valence-corrected chi connectivity index (χ3v) is 4.77. The first-order chi connectivity index (χ1) is 7.33. The first-order valence-electron chi connectivity index (χ1n) is 5.45. The average molecular weight is 221 g/mol. The molecule has 2 aliphatic heterocycles. The van der Waals surface area contributed by atoms with E-state index in [0.29, 0.717) is 5.75 Å². The number of aromatic hydroxyl groups is 1. The van der Waals surface area contributed by atoms with E-state index in [1.54, 1.807) is 6.07 Å². The van der Waals surface area contributed by atoms with Gasteiger partial charge in [-0.1, -0.05) is 18.2 Å². The minimum atomic E-state index is 0.438. The van der Waals surface area contributed by atoms with Gasteiger partial charge in [0.15, 0.2) is 0 Å². The summed E-state index contributed by atoms with van der Waals surface area (Å²) in [6, 6.07) is 8.43. The van der Waals surface area contributed by atoms with Crippen LogP contribution in [0.5, 0.6) is 5.75 Å². The Kier molecular flexibility index (Phi) is 2.37. The summed E-state index contributed by atoms with van der Waals surface area (Å²) in [4.78, 5) is 2.51. The molecule has 0 spiro atoms. The van der Waals surface area contributed by atoms with Crippen LogP contribution < -0.4 is 0 Å². The monoisotopic (exact) mass is 221 g/mol. The minimum absolute atomic E-state index is 0.438. The van der Waals surface area contributed by atoms with Crippen LogP contribution in [0.4, 0.5) is 0 Å². The molecule has 0 radical (unpaired) electrons. The van der Waals surface area contributed by atoms with Crippen molar-refractivity contribution in [2.45, 2.75) is 24.3 Å². The van der Waals surface area contributed by atoms with Gasteiger partial charge in [-0.05, 0) is 12.5 Å². The fraction of sp³-hybridized carbons (Fsp3) is 0.500. The summed E-state index contributed by atoms with van der Waals surface area (Å²) in [7, 11) is 0. The maximum Gasteiger partial charge on any atom is 0.120 e. The lowest BCUT2D eigenvalue weighted by atomic mass is 10.2. The first-order valence-corrected chi connectivity index (χ1v) is 6.50. The van der Waals surface area contributed by atoms with Gasteiger partial charge in [-0.2, -0.15) is 11.8 Å². The summed E-state index contributed by atoms with van der Waals surface area (Å²) >= 11 is 2.11. The molecule has 2 nitrogen and oxygen atoms in total. The van der Waals surface area contributed by atoms with E-state index in [-0.39, 0.29) is 0 Å². The van der Waals surface area contributed by atoms with E-state index in [0.717, 1.165) is 23.4 Å². The zero-order chi connectivity index (χ0) is 10.3. The highest BCUT2D eigenvalue weighted by Gasteiger charge is 2.38. The highest BCUT2D eigenvalue weighted by Crippen LogP contribution is 2.38. The summed E-state index contributed by atoms with van der Waals surface area (Å²) in [5, 5.41) is 10.6. The average Bonchev–Trinajstić information content (AvgIpc) is 2.83. The van der Waals surface area contributed by atoms with Gasteiger partial charge in [0, 0.05) is 35.7 Å². The van der Waals surface area contributed by atoms with Crippen LogP contribution in [0.25, 0.3) is 0 Å². The predicted molar refractivity (Wildman–Crippen MR) is 63.2 cm³/mol. The lowest BCUT2D eigenvalue weighted by Gasteiger charge is -2.26. The van der Waals surface area contributed by atoms with E-state index in [1.165, 1.54) is 18.7 Å². The molecule has 15 heavy (non-hydrogen) atoms. The number of rotatable bonds is 2. The van der Waals surface area contributed by atoms with E-state index in [4.69, 9.17) is 0 Å². The fourth-order valence-electron chi connectivity index (χ4n) is 2.54. The zero-order valence-corrected chi connectivity index (χ0v) is 9.41. The van der Waals surface area contributed by atoms with Crippen molar-refractivity contribution < 1.29 is 5.11 Å². The molecule has 2 saturated heterocycles. The molecule has 0 saturated carbocycles. The Hall–Kier alpha value is -0.670. The Morgan fingerprint density at radius 3 is 2.93 bits per heavy atom. The Bertz CT molecular complexity index is 368. The lowest BCUT2D eigenvalue weighted by Crippen LogP contribution is -2.33. The Labute approximate surface area is 94.3 Å². The molecule has 0 aliphatic carbocycles. The summed E-state index contributed by atoms with van der Waals surface area (Å²) in [6.07, 6.45) is 1.35. The number of likely N-dealkylation sites (tertiary alicyclic amines) is 1. The molecule has 2 unspecified atom stereocenters. The number of fused-ring (bicyclic) bond motifs is 2. The van der Waals surface area contributed by atoms with Crippen LogP contribution in [0.3, 0.4) is 0 Å². The molecule has 3 rings (SSSR count). The van der Waals surface area contributed by atoms with Crippen molar-refractivity contribution in [1.29, 1.82) is 0 Å². The third kappa shape index (κ3) is 1.74. The molecule has 2 heterocycles. The van der Waals surface area contributed by atoms with Crippen molar-refractivity contribution in [3.8, 4) is 5.75 Å². The van der Waals surface area contributed by atoms with Crippen LogP contribution >= 0.6 is 11.8 Å². The summed E-state index contributed by atoms with van der Waals surface area (Å²) in [5.74, 6) is 1.71. The SMILES string of the molecule is Oc1ccccc1CN1CC2CC1CS2. The lowest BCUT2D eigenvalue weighted by molar-refractivity contribution is 0.257. The van der Waals surface area contributed by atoms with Crippen LogP contribution in [-0.4, -0.2) is 33.6 Å². The molecule has 3 heteroatoms. The standard InChI is InChI=1S/C12H15NOS/c14-12-4-2-1-3-9(12)6-13-7-11-5-10(13)8-15-11/h1-4,10-11,14H,5-8H2. The van der Waals surface area contributed by atoms with Gasteiger partial charge in [0.1, 0.15) is 5.75 Å². The van der Waals surface area contributed by atoms with Gasteiger partial charge in [-0.25, -0.2) is 0 Å². The Balaban J connectivity index is 1.73. The molecule has 1 aromatic carbocycles. The number of thioether (sulfide) groups is 1. The van der Waals surface area contributed by atoms with Gasteiger partial charge in [0.2, 0.25) is 0 Å². The van der Waals surface area contributed by atoms with E-state index in [9.17, 15) is 5.11 Å². The summed E-state index contributed by atoms with van der Waals surface area (Å²) in [6.45, 7) is 2.11. The van der Waals surface area contributed by atoms with Gasteiger partial charge in [-0.15, -0.1) is 0 Å². The molecule has 80 valence electrons. The van der Waals surface area contributed by atoms with Crippen LogP contribution in [0.15, 0.2) is 24.3 Å². The van der Waals surface area contributed by atoms with Gasteiger partial charge in [0.25, 0.3) is 0 Å². The van der Waals surface area contributed by atoms with Crippen molar-refractivity contribution in [2.24, 2.45) is 0 Å². The second-order valence-corrected chi connectivity index (χ2v) is 5.74. The quantitative estimate of drug-likeness (QED) is 0.827. The number of phenols is 1. The van der Waals surface area contributed by atoms with Crippen LogP contribution in [0.1, 0.15) is 12.0 Å². The maximum atomic E-state index is 9.71. The third-order valence-electron chi connectivity index (χ3n) is 3.38. The number of nitrogens with zero attached hydrogens (tertiary/aromatic N) is 1. The van der Waals surface area contributed by atoms with Crippen molar-refractivity contribution in [3.05, 3.63) is 29.8 Å². The molecular formula is C12H15NOS. The normalized spacial score (nSPS) is 29.9. The van der Waals surface area contributed by atoms with Crippen molar-refractivity contribution >= 4 is 11.8 Å². The smallest absolute Gasteiger partial charge is 0.120 e. The fourth-order valence-corrected chi connectivity index (χ4v) is 4.03. The van der Waals surface area contributed by atoms with Crippen molar-refractivity contribution in [3.63, 3.8) is 0 Å². The maximum absolute atomic E-state index is 9.71. The topological polar surface area (TPSA) is 23.5 Å². The Morgan fingerprint density at radius 2 is 2.27 bits per heavy atom. The van der Waals surface area contributed by atoms with E-state index < -0.39 is 0 Å². The molecule has 0 aromatic heterocycles. The molecule has 1 N–H and O–H groups in total. The largest absolute Gasteiger partial charge is 0.508 e. The predicted octanol–water partition coefficient (Wildman–Crippen LogP) is 2.08. The van der Waals surface area contributed by atoms with E-state index in [1.807, 2.05) is 18.2 Å². The molecule has 2 bridgehead atoms. The second-order valence-electron chi connectivity index (χ2n) is 4.40. The minimum Gasteiger partial charge on any atom is -0.508 e. The van der Waals surface area contributed by atoms with Gasteiger partial charge < -0.3 is 5.11 Å². The summed E-state index contributed by atoms with van der Waals surface area (Å²) in [5.41, 5.74) is 1.06. The van der Waals surface area contributed by atoms with Gasteiger partial charge >= 0.3 is 0 Å². The number of phenolic OH excluding ortho intramolecular Hbond substituents is 1. The van der Waals surface area contributed by atoms with Crippen molar-refractivity contribution in [1.82, 2.24) is 4.90 Å². The number of para-hydroxylation sites is 1. The van der Waals surface area contributed by atoms with Crippen LogP contribution in [-0.2, 0) is 6.54 Å². The van der Waals surface area contributed by atoms with Crippen LogP contribution in [0, 0.1) is 0 Å². The van der Waals surface area contributed by atoms with Crippen LogP contribution in [0.2, 0.25) is 0 Å². The molecule has 1 aromatic rings. The number of benzene rings is 1. The first kappa shape index (κ1) is 9.55. The number of hydrogen-bond donors (Lipinski definition) is 1. The van der Waals surface area contributed by atoms with Crippen molar-refractivity contribution in [2.75, 3.05) is 12.3 Å². The van der Waals surface area contributed by atoms with Gasteiger partial charge in [-0.3, -0.25) is 4.90 Å². The summed E-state index contributed by atoms with van der Waals surface area (Å²) < 4.78 is 0. The molecular weight excluding hydrogens is 206 g/mol. The molecule has 2 aliphatic rings. The molecule has 2 fully saturated rings. The molecule has 2 atom stereocenters.